The topological polar surface area (TPSA) is 37.0 Å². The molecule has 3 nitrogen and oxygen atoms in total. The van der Waals surface area contributed by atoms with Gasteiger partial charge in [-0.1, -0.05) is 0 Å². The van der Waals surface area contributed by atoms with Crippen LogP contribution in [0.2, 0.25) is 0 Å². The Balaban J connectivity index is 2.37. The predicted molar refractivity (Wildman–Crippen MR) is 67.9 cm³/mol. The Morgan fingerprint density at radius 2 is 1.43 bits per heavy atom. The molecule has 112 valence electrons. The highest BCUT2D eigenvalue weighted by Gasteiger charge is 2.14. The molecule has 1 aromatic heterocycles. The van der Waals surface area contributed by atoms with E-state index < -0.39 is 34.9 Å². The van der Waals surface area contributed by atoms with Gasteiger partial charge in [0, 0.05) is 30.4 Å². The number of nitrogens with zero attached hydrogens (tertiary/aromatic N) is 1. The number of hydrogen-bond donors (Lipinski definition) is 2. The average Bonchev–Trinajstić information content (AvgIpc) is 2.41. The van der Waals surface area contributed by atoms with Gasteiger partial charge < -0.3 is 10.6 Å². The summed E-state index contributed by atoms with van der Waals surface area (Å²) in [5, 5.41) is 4.83. The third-order valence-electron chi connectivity index (χ3n) is 2.52. The number of aromatic nitrogens is 1. The van der Waals surface area contributed by atoms with Crippen molar-refractivity contribution in [3.05, 3.63) is 47.3 Å². The summed E-state index contributed by atoms with van der Waals surface area (Å²) in [4.78, 5) is 3.63. The molecule has 2 N–H and O–H groups in total. The second-order valence-corrected chi connectivity index (χ2v) is 4.06. The number of rotatable bonds is 4. The number of halogens is 5. The third kappa shape index (κ3) is 3.21. The molecule has 0 unspecified atom stereocenters. The number of hydrogen-bond acceptors (Lipinski definition) is 3. The van der Waals surface area contributed by atoms with E-state index >= 15 is 0 Å². The molecule has 2 rings (SSSR count). The van der Waals surface area contributed by atoms with E-state index in [2.05, 4.69) is 15.6 Å². The van der Waals surface area contributed by atoms with Crippen LogP contribution in [0.25, 0.3) is 0 Å². The molecule has 0 saturated heterocycles. The molecule has 1 heterocycles. The normalized spacial score (nSPS) is 10.6. The predicted octanol–water partition coefficient (Wildman–Crippen LogP) is 3.95. The summed E-state index contributed by atoms with van der Waals surface area (Å²) < 4.78 is 65.9. The maximum Gasteiger partial charge on any atom is 0.194 e. The van der Waals surface area contributed by atoms with E-state index in [1.54, 1.807) is 6.92 Å². The van der Waals surface area contributed by atoms with Crippen molar-refractivity contribution in [1.29, 1.82) is 0 Å². The first-order chi connectivity index (χ1) is 9.92. The highest BCUT2D eigenvalue weighted by molar-refractivity contribution is 5.59. The lowest BCUT2D eigenvalue weighted by Crippen LogP contribution is -2.07. The molecule has 21 heavy (non-hydrogen) atoms. The largest absolute Gasteiger partial charge is 0.368 e. The lowest BCUT2D eigenvalue weighted by molar-refractivity contribution is 0.448. The molecule has 0 atom stereocenters. The molecule has 0 bridgehead atoms. The number of anilines is 3. The van der Waals surface area contributed by atoms with E-state index in [0.717, 1.165) is 0 Å². The Kier molecular flexibility index (Phi) is 4.25. The zero-order chi connectivity index (χ0) is 15.6. The first-order valence-electron chi connectivity index (χ1n) is 5.93. The van der Waals surface area contributed by atoms with Crippen molar-refractivity contribution in [2.24, 2.45) is 0 Å². The fraction of sp³-hybridized carbons (Fsp3) is 0.154. The van der Waals surface area contributed by atoms with Gasteiger partial charge in [0.1, 0.15) is 0 Å². The average molecular weight is 303 g/mol. The van der Waals surface area contributed by atoms with Crippen LogP contribution in [0.3, 0.4) is 0 Å². The molecule has 2 aromatic rings. The van der Waals surface area contributed by atoms with Crippen molar-refractivity contribution in [1.82, 2.24) is 4.98 Å². The minimum Gasteiger partial charge on any atom is -0.368 e. The summed E-state index contributed by atoms with van der Waals surface area (Å²) in [6, 6.07) is 1.84. The van der Waals surface area contributed by atoms with E-state index in [-0.39, 0.29) is 11.5 Å². The van der Waals surface area contributed by atoms with Gasteiger partial charge >= 0.3 is 0 Å². The Hall–Kier alpha value is -2.38. The highest BCUT2D eigenvalue weighted by Crippen LogP contribution is 2.24. The number of benzene rings is 1. The fourth-order valence-corrected chi connectivity index (χ4v) is 1.61. The van der Waals surface area contributed by atoms with E-state index in [0.29, 0.717) is 24.7 Å². The van der Waals surface area contributed by atoms with Gasteiger partial charge in [-0.2, -0.15) is 0 Å². The Morgan fingerprint density at radius 1 is 0.857 bits per heavy atom. The Labute approximate surface area is 116 Å². The van der Waals surface area contributed by atoms with E-state index in [1.807, 2.05) is 0 Å². The van der Waals surface area contributed by atoms with Crippen molar-refractivity contribution >= 4 is 17.3 Å². The molecule has 0 aliphatic carbocycles. The fourth-order valence-electron chi connectivity index (χ4n) is 1.61. The summed E-state index contributed by atoms with van der Waals surface area (Å²) >= 11 is 0. The van der Waals surface area contributed by atoms with Gasteiger partial charge in [0.25, 0.3) is 0 Å². The van der Waals surface area contributed by atoms with Gasteiger partial charge in [-0.15, -0.1) is 0 Å². The van der Waals surface area contributed by atoms with Gasteiger partial charge in [0.2, 0.25) is 0 Å². The lowest BCUT2D eigenvalue weighted by Gasteiger charge is -2.11. The summed E-state index contributed by atoms with van der Waals surface area (Å²) in [7, 11) is 0. The molecule has 0 fully saturated rings. The Morgan fingerprint density at radius 3 is 2.00 bits per heavy atom. The maximum absolute atomic E-state index is 13.6. The van der Waals surface area contributed by atoms with Gasteiger partial charge in [-0.25, -0.2) is 26.9 Å². The minimum atomic E-state index is -1.64. The summed E-state index contributed by atoms with van der Waals surface area (Å²) in [6.45, 7) is 2.02. The molecule has 1 aromatic carbocycles. The monoisotopic (exact) mass is 303 g/mol. The van der Waals surface area contributed by atoms with Crippen LogP contribution in [-0.2, 0) is 0 Å². The van der Waals surface area contributed by atoms with Crippen LogP contribution in [0.5, 0.6) is 0 Å². The molecular weight excluding hydrogens is 293 g/mol. The molecule has 0 radical (unpaired) electrons. The van der Waals surface area contributed by atoms with Crippen LogP contribution in [0.15, 0.2) is 18.2 Å². The Bertz CT molecular complexity index is 652. The third-order valence-corrected chi connectivity index (χ3v) is 2.52. The van der Waals surface area contributed by atoms with E-state index in [1.165, 1.54) is 0 Å². The van der Waals surface area contributed by atoms with Crippen LogP contribution in [0.4, 0.5) is 39.3 Å². The van der Waals surface area contributed by atoms with Crippen molar-refractivity contribution < 1.29 is 22.0 Å². The van der Waals surface area contributed by atoms with Crippen molar-refractivity contribution in [2.45, 2.75) is 6.92 Å². The molecule has 0 aliphatic rings. The second-order valence-electron chi connectivity index (χ2n) is 4.06. The van der Waals surface area contributed by atoms with Gasteiger partial charge in [0.05, 0.1) is 0 Å². The second kappa shape index (κ2) is 5.94. The number of pyridine rings is 1. The summed E-state index contributed by atoms with van der Waals surface area (Å²) in [6.07, 6.45) is 0. The van der Waals surface area contributed by atoms with Crippen LogP contribution in [-0.4, -0.2) is 11.5 Å². The van der Waals surface area contributed by atoms with Crippen molar-refractivity contribution in [2.75, 3.05) is 17.2 Å². The van der Waals surface area contributed by atoms with E-state index in [9.17, 15) is 22.0 Å². The number of nitrogens with one attached hydrogen (secondary N) is 2. The zero-order valence-corrected chi connectivity index (χ0v) is 10.8. The highest BCUT2D eigenvalue weighted by atomic mass is 19.2. The van der Waals surface area contributed by atoms with Crippen LogP contribution < -0.4 is 10.6 Å². The summed E-state index contributed by atoms with van der Waals surface area (Å²) in [5.41, 5.74) is -0.258. The van der Waals surface area contributed by atoms with Crippen molar-refractivity contribution in [3.8, 4) is 0 Å². The minimum absolute atomic E-state index is 0.218. The standard InChI is InChI=1S/C13H10F5N3/c1-2-19-12-9(16)5-10(17)13(21-12)20-6-3-7(14)11(18)8(15)4-6/h3-5H,2H2,1H3,(H2,19,20,21). The van der Waals surface area contributed by atoms with Crippen molar-refractivity contribution in [3.63, 3.8) is 0 Å². The molecule has 0 saturated carbocycles. The molecule has 0 spiro atoms. The quantitative estimate of drug-likeness (QED) is 0.663. The van der Waals surface area contributed by atoms with Gasteiger partial charge in [-0.3, -0.25) is 0 Å². The molecule has 8 heteroatoms. The molecular formula is C13H10F5N3. The maximum atomic E-state index is 13.6. The zero-order valence-electron chi connectivity index (χ0n) is 10.8. The molecule has 0 aliphatic heterocycles. The lowest BCUT2D eigenvalue weighted by atomic mass is 10.2. The SMILES string of the molecule is CCNc1nc(Nc2cc(F)c(F)c(F)c2)c(F)cc1F. The van der Waals surface area contributed by atoms with Crippen LogP contribution in [0.1, 0.15) is 6.92 Å². The first kappa shape index (κ1) is 15.0. The van der Waals surface area contributed by atoms with Gasteiger partial charge in [0.15, 0.2) is 40.7 Å². The van der Waals surface area contributed by atoms with E-state index in [4.69, 9.17) is 0 Å². The van der Waals surface area contributed by atoms with Crippen LogP contribution in [0, 0.1) is 29.1 Å². The van der Waals surface area contributed by atoms with Crippen LogP contribution >= 0.6 is 0 Å². The molecule has 0 amide bonds. The first-order valence-corrected chi connectivity index (χ1v) is 5.93. The summed E-state index contributed by atoms with van der Waals surface area (Å²) in [5.74, 6) is -7.14. The smallest absolute Gasteiger partial charge is 0.194 e. The van der Waals surface area contributed by atoms with Gasteiger partial charge in [-0.05, 0) is 6.92 Å².